The van der Waals surface area contributed by atoms with Crippen molar-refractivity contribution < 1.29 is 19.1 Å². The van der Waals surface area contributed by atoms with Crippen molar-refractivity contribution in [3.63, 3.8) is 0 Å². The van der Waals surface area contributed by atoms with E-state index in [4.69, 9.17) is 32.7 Å². The molecule has 0 saturated carbocycles. The van der Waals surface area contributed by atoms with Crippen LogP contribution in [-0.2, 0) is 32.7 Å². The number of rotatable bonds is 7. The summed E-state index contributed by atoms with van der Waals surface area (Å²) in [4.78, 5) is 29.7. The van der Waals surface area contributed by atoms with Crippen LogP contribution in [0.4, 0.5) is 11.4 Å². The van der Waals surface area contributed by atoms with E-state index < -0.39 is 11.2 Å². The fraction of sp³-hybridized carbons (Fsp3) is 0.333. The smallest absolute Gasteiger partial charge is 0.255 e. The van der Waals surface area contributed by atoms with Crippen molar-refractivity contribution in [2.24, 2.45) is 0 Å². The fourth-order valence-electron chi connectivity index (χ4n) is 6.35. The Balaban J connectivity index is 1.61. The first kappa shape index (κ1) is 26.1. The first-order valence-corrected chi connectivity index (χ1v) is 13.8. The topological polar surface area (TPSA) is 79.9 Å². The lowest BCUT2D eigenvalue weighted by molar-refractivity contribution is -0.122. The van der Waals surface area contributed by atoms with Gasteiger partial charge in [-0.15, -0.1) is 0 Å². The van der Waals surface area contributed by atoms with E-state index in [9.17, 15) is 9.59 Å². The van der Waals surface area contributed by atoms with Crippen LogP contribution in [0.2, 0.25) is 10.0 Å². The van der Waals surface area contributed by atoms with Crippen LogP contribution in [0.3, 0.4) is 0 Å². The third-order valence-corrected chi connectivity index (χ3v) is 8.51. The number of hydrogen-bond donors (Lipinski definition) is 2. The number of anilines is 2. The maximum absolute atomic E-state index is 14.4. The Kier molecular flexibility index (Phi) is 6.79. The van der Waals surface area contributed by atoms with Gasteiger partial charge in [0.15, 0.2) is 17.5 Å². The lowest BCUT2D eigenvalue weighted by Crippen LogP contribution is -2.70. The SMILES string of the molecule is COc1ccc2c(c1)N(C1(Cc3cccc(Cl)c3)C(=O)Nc3cc(Cl)ccc31)C(C=O)(NC1CCOCC1)C2. The highest BCUT2D eigenvalue weighted by Gasteiger charge is 2.61. The summed E-state index contributed by atoms with van der Waals surface area (Å²) in [6.45, 7) is 1.23. The van der Waals surface area contributed by atoms with Crippen LogP contribution < -0.4 is 20.3 Å². The summed E-state index contributed by atoms with van der Waals surface area (Å²) in [6, 6.07) is 18.7. The van der Waals surface area contributed by atoms with Crippen LogP contribution in [0, 0.1) is 0 Å². The molecule has 1 amide bonds. The molecule has 9 heteroatoms. The number of nitrogens with one attached hydrogen (secondary N) is 2. The molecule has 2 unspecified atom stereocenters. The van der Waals surface area contributed by atoms with Crippen LogP contribution in [-0.4, -0.2) is 44.2 Å². The molecule has 2 atom stereocenters. The van der Waals surface area contributed by atoms with E-state index >= 15 is 0 Å². The lowest BCUT2D eigenvalue weighted by atomic mass is 9.81. The first-order chi connectivity index (χ1) is 18.9. The van der Waals surface area contributed by atoms with Gasteiger partial charge in [0, 0.05) is 65.1 Å². The molecular formula is C30H29Cl2N3O4. The van der Waals surface area contributed by atoms with Crippen LogP contribution in [0.15, 0.2) is 60.7 Å². The average Bonchev–Trinajstić information content (AvgIpc) is 3.39. The van der Waals surface area contributed by atoms with Crippen molar-refractivity contribution in [1.82, 2.24) is 5.32 Å². The minimum absolute atomic E-state index is 0.0417. The highest BCUT2D eigenvalue weighted by molar-refractivity contribution is 6.31. The van der Waals surface area contributed by atoms with Crippen LogP contribution in [0.1, 0.15) is 29.5 Å². The van der Waals surface area contributed by atoms with Crippen LogP contribution >= 0.6 is 23.2 Å². The third-order valence-electron chi connectivity index (χ3n) is 8.04. The minimum atomic E-state index is -1.29. The van der Waals surface area contributed by atoms with Crippen LogP contribution in [0.5, 0.6) is 5.75 Å². The molecule has 3 aromatic carbocycles. The first-order valence-electron chi connectivity index (χ1n) is 13.0. The molecule has 3 aromatic rings. The van der Waals surface area contributed by atoms with E-state index in [0.29, 0.717) is 41.1 Å². The molecule has 3 aliphatic heterocycles. The Hall–Kier alpha value is -3.10. The van der Waals surface area contributed by atoms with Crippen molar-refractivity contribution in [2.75, 3.05) is 30.5 Å². The van der Waals surface area contributed by atoms with Crippen molar-refractivity contribution in [2.45, 2.75) is 42.9 Å². The molecule has 3 heterocycles. The monoisotopic (exact) mass is 565 g/mol. The molecule has 0 bridgehead atoms. The molecule has 1 saturated heterocycles. The van der Waals surface area contributed by atoms with Gasteiger partial charge >= 0.3 is 0 Å². The minimum Gasteiger partial charge on any atom is -0.497 e. The van der Waals surface area contributed by atoms with E-state index in [1.54, 1.807) is 25.3 Å². The zero-order chi connectivity index (χ0) is 27.2. The summed E-state index contributed by atoms with van der Waals surface area (Å²) in [5.41, 5.74) is 1.45. The van der Waals surface area contributed by atoms with Crippen molar-refractivity contribution in [3.05, 3.63) is 87.4 Å². The Morgan fingerprint density at radius 3 is 2.64 bits per heavy atom. The Bertz CT molecular complexity index is 1440. The molecule has 7 nitrogen and oxygen atoms in total. The molecular weight excluding hydrogens is 537 g/mol. The molecule has 0 aliphatic carbocycles. The average molecular weight is 566 g/mol. The van der Waals surface area contributed by atoms with Gasteiger partial charge in [0.05, 0.1) is 7.11 Å². The lowest BCUT2D eigenvalue weighted by Gasteiger charge is -2.49. The normalized spacial score (nSPS) is 24.3. The summed E-state index contributed by atoms with van der Waals surface area (Å²) in [7, 11) is 1.61. The second-order valence-electron chi connectivity index (χ2n) is 10.4. The van der Waals surface area contributed by atoms with Gasteiger partial charge in [-0.25, -0.2) is 0 Å². The molecule has 1 fully saturated rings. The fourth-order valence-corrected chi connectivity index (χ4v) is 6.73. The van der Waals surface area contributed by atoms with Gasteiger partial charge in [0.2, 0.25) is 0 Å². The predicted molar refractivity (Wildman–Crippen MR) is 152 cm³/mol. The summed E-state index contributed by atoms with van der Waals surface area (Å²) >= 11 is 12.8. The molecule has 0 aromatic heterocycles. The Labute approximate surface area is 237 Å². The number of hydrogen-bond acceptors (Lipinski definition) is 6. The number of fused-ring (bicyclic) bond motifs is 2. The number of ether oxygens (including phenoxy) is 2. The van der Waals surface area contributed by atoms with Gasteiger partial charge in [-0.3, -0.25) is 14.9 Å². The third kappa shape index (κ3) is 4.38. The number of nitrogens with zero attached hydrogens (tertiary/aromatic N) is 1. The summed E-state index contributed by atoms with van der Waals surface area (Å²) in [6.07, 6.45) is 3.15. The van der Waals surface area contributed by atoms with Crippen molar-refractivity contribution in [1.29, 1.82) is 0 Å². The van der Waals surface area contributed by atoms with Gasteiger partial charge in [-0.05, 0) is 54.3 Å². The number of methoxy groups -OCH3 is 1. The number of carbonyl (C=O) groups excluding carboxylic acids is 2. The maximum Gasteiger partial charge on any atom is 0.255 e. The molecule has 2 N–H and O–H groups in total. The zero-order valence-corrected chi connectivity index (χ0v) is 23.0. The highest BCUT2D eigenvalue weighted by atomic mass is 35.5. The molecule has 0 spiro atoms. The number of carbonyl (C=O) groups is 2. The van der Waals surface area contributed by atoms with Gasteiger partial charge in [0.25, 0.3) is 5.91 Å². The quantitative estimate of drug-likeness (QED) is 0.387. The predicted octanol–water partition coefficient (Wildman–Crippen LogP) is 5.12. The maximum atomic E-state index is 14.4. The van der Waals surface area contributed by atoms with E-state index in [1.807, 2.05) is 47.4 Å². The number of amides is 1. The van der Waals surface area contributed by atoms with E-state index in [2.05, 4.69) is 10.6 Å². The van der Waals surface area contributed by atoms with Crippen LogP contribution in [0.25, 0.3) is 0 Å². The van der Waals surface area contributed by atoms with E-state index in [0.717, 1.165) is 41.5 Å². The molecule has 39 heavy (non-hydrogen) atoms. The Morgan fingerprint density at radius 2 is 1.90 bits per heavy atom. The largest absolute Gasteiger partial charge is 0.497 e. The molecule has 202 valence electrons. The zero-order valence-electron chi connectivity index (χ0n) is 21.5. The number of aldehydes is 1. The summed E-state index contributed by atoms with van der Waals surface area (Å²) in [5, 5.41) is 7.84. The van der Waals surface area contributed by atoms with Gasteiger partial charge in [-0.2, -0.15) is 0 Å². The van der Waals surface area contributed by atoms with Crippen molar-refractivity contribution >= 4 is 46.8 Å². The van der Waals surface area contributed by atoms with Crippen molar-refractivity contribution in [3.8, 4) is 5.75 Å². The second kappa shape index (κ2) is 10.1. The number of halogens is 2. The van der Waals surface area contributed by atoms with Gasteiger partial charge < -0.3 is 19.7 Å². The molecule has 3 aliphatic rings. The van der Waals surface area contributed by atoms with E-state index in [-0.39, 0.29) is 18.4 Å². The summed E-state index contributed by atoms with van der Waals surface area (Å²) < 4.78 is 11.2. The van der Waals surface area contributed by atoms with Gasteiger partial charge in [-0.1, -0.05) is 47.5 Å². The van der Waals surface area contributed by atoms with E-state index in [1.165, 1.54) is 0 Å². The summed E-state index contributed by atoms with van der Waals surface area (Å²) in [5.74, 6) is 0.398. The Morgan fingerprint density at radius 1 is 1.10 bits per heavy atom. The molecule has 0 radical (unpaired) electrons. The molecule has 6 rings (SSSR count). The second-order valence-corrected chi connectivity index (χ2v) is 11.3. The highest BCUT2D eigenvalue weighted by Crippen LogP contribution is 2.53. The van der Waals surface area contributed by atoms with Gasteiger partial charge in [0.1, 0.15) is 5.75 Å². The number of benzene rings is 3. The standard InChI is InChI=1S/C30H29Cl2N3O4/c1-38-24-7-5-20-17-29(18-36,34-23-9-11-39-12-10-23)35(27(20)15-24)30(16-19-3-2-4-21(31)13-19)25-8-6-22(32)14-26(25)33-28(30)37/h2-8,13-15,18,23,34H,9-12,16-17H2,1H3,(H,33,37).